The monoisotopic (exact) mass is 291 g/mol. The zero-order chi connectivity index (χ0) is 13.8. The van der Waals surface area contributed by atoms with E-state index in [4.69, 9.17) is 11.6 Å². The van der Waals surface area contributed by atoms with Crippen molar-refractivity contribution >= 4 is 21.6 Å². The van der Waals surface area contributed by atoms with Gasteiger partial charge in [-0.25, -0.2) is 13.1 Å². The van der Waals surface area contributed by atoms with Crippen LogP contribution in [-0.4, -0.2) is 31.7 Å². The van der Waals surface area contributed by atoms with Gasteiger partial charge >= 0.3 is 0 Å². The molecule has 0 saturated heterocycles. The molecule has 1 heterocycles. The van der Waals surface area contributed by atoms with Crippen molar-refractivity contribution in [3.05, 3.63) is 29.0 Å². The number of nitrogens with zero attached hydrogens (tertiary/aromatic N) is 1. The fraction of sp³-hybridized carbons (Fsp3) is 0.545. The van der Waals surface area contributed by atoms with Gasteiger partial charge in [-0.15, -0.1) is 0 Å². The van der Waals surface area contributed by atoms with Gasteiger partial charge < -0.3 is 5.32 Å². The summed E-state index contributed by atoms with van der Waals surface area (Å²) in [4.78, 5) is 3.90. The van der Waals surface area contributed by atoms with Crippen LogP contribution in [0.1, 0.15) is 19.4 Å². The Morgan fingerprint density at radius 3 is 2.67 bits per heavy atom. The maximum Gasteiger partial charge on any atom is 0.209 e. The Morgan fingerprint density at radius 2 is 2.11 bits per heavy atom. The Balaban J connectivity index is 2.49. The number of nitrogens with one attached hydrogen (secondary N) is 2. The Morgan fingerprint density at radius 1 is 1.44 bits per heavy atom. The molecule has 0 aliphatic rings. The quantitative estimate of drug-likeness (QED) is 0.825. The summed E-state index contributed by atoms with van der Waals surface area (Å²) in [6.45, 7) is 4.69. The van der Waals surface area contributed by atoms with Gasteiger partial charge in [-0.1, -0.05) is 11.6 Å². The molecule has 0 fully saturated rings. The van der Waals surface area contributed by atoms with Crippen LogP contribution in [0, 0.1) is 0 Å². The topological polar surface area (TPSA) is 71.1 Å². The molecule has 0 spiro atoms. The van der Waals surface area contributed by atoms with Crippen molar-refractivity contribution in [2.45, 2.75) is 25.9 Å². The molecular weight excluding hydrogens is 274 g/mol. The van der Waals surface area contributed by atoms with E-state index in [0.717, 1.165) is 11.8 Å². The predicted octanol–water partition coefficient (Wildman–Crippen LogP) is 1.15. The molecule has 0 saturated carbocycles. The van der Waals surface area contributed by atoms with E-state index >= 15 is 0 Å². The Hall–Kier alpha value is -0.690. The molecule has 1 aromatic rings. The summed E-state index contributed by atoms with van der Waals surface area (Å²) in [5, 5.41) is 3.76. The van der Waals surface area contributed by atoms with Crippen molar-refractivity contribution in [1.29, 1.82) is 0 Å². The van der Waals surface area contributed by atoms with Gasteiger partial charge in [0.05, 0.1) is 11.3 Å². The Kier molecular flexibility index (Phi) is 5.10. The van der Waals surface area contributed by atoms with Crippen LogP contribution in [0.3, 0.4) is 0 Å². The second kappa shape index (κ2) is 5.97. The lowest BCUT2D eigenvalue weighted by molar-refractivity contribution is 0.421. The molecule has 102 valence electrons. The zero-order valence-corrected chi connectivity index (χ0v) is 12.3. The molecular formula is C11H18ClN3O2S. The first-order chi connectivity index (χ1) is 8.20. The van der Waals surface area contributed by atoms with E-state index < -0.39 is 15.6 Å². The fourth-order valence-electron chi connectivity index (χ4n) is 1.60. The average Bonchev–Trinajstić information content (AvgIpc) is 2.17. The summed E-state index contributed by atoms with van der Waals surface area (Å²) in [6, 6.07) is 1.83. The van der Waals surface area contributed by atoms with Gasteiger partial charge in [-0.05, 0) is 25.5 Å². The van der Waals surface area contributed by atoms with Crippen LogP contribution in [0.15, 0.2) is 18.5 Å². The minimum Gasteiger partial charge on any atom is -0.311 e. The van der Waals surface area contributed by atoms with Gasteiger partial charge in [0, 0.05) is 31.0 Å². The smallest absolute Gasteiger partial charge is 0.209 e. The number of pyridine rings is 1. The summed E-state index contributed by atoms with van der Waals surface area (Å²) in [5.74, 6) is 0. The van der Waals surface area contributed by atoms with Crippen LogP contribution in [0.2, 0.25) is 5.02 Å². The minimum atomic E-state index is -3.21. The summed E-state index contributed by atoms with van der Waals surface area (Å²) in [6.07, 6.45) is 4.40. The highest BCUT2D eigenvalue weighted by Gasteiger charge is 2.21. The molecule has 0 atom stereocenters. The van der Waals surface area contributed by atoms with E-state index in [1.807, 2.05) is 19.9 Å². The first kappa shape index (κ1) is 15.4. The van der Waals surface area contributed by atoms with Crippen molar-refractivity contribution in [2.24, 2.45) is 0 Å². The molecule has 7 heteroatoms. The molecule has 0 aromatic carbocycles. The second-order valence-electron chi connectivity index (χ2n) is 4.83. The van der Waals surface area contributed by atoms with Gasteiger partial charge in [-0.2, -0.15) is 0 Å². The number of sulfonamides is 1. The van der Waals surface area contributed by atoms with Crippen molar-refractivity contribution in [2.75, 3.05) is 12.8 Å². The zero-order valence-electron chi connectivity index (χ0n) is 10.7. The molecule has 1 aromatic heterocycles. The van der Waals surface area contributed by atoms with Crippen LogP contribution in [-0.2, 0) is 16.6 Å². The normalized spacial score (nSPS) is 12.7. The van der Waals surface area contributed by atoms with Crippen molar-refractivity contribution in [1.82, 2.24) is 15.0 Å². The van der Waals surface area contributed by atoms with E-state index in [9.17, 15) is 8.42 Å². The molecule has 0 unspecified atom stereocenters. The standard InChI is InChI=1S/C11H18ClN3O2S/c1-11(2,15-18(3,16)17)8-14-6-9-4-5-13-7-10(9)12/h4-5,7,14-15H,6,8H2,1-3H3. The first-order valence-corrected chi connectivity index (χ1v) is 7.75. The highest BCUT2D eigenvalue weighted by molar-refractivity contribution is 7.88. The average molecular weight is 292 g/mol. The van der Waals surface area contributed by atoms with Gasteiger partial charge in [0.25, 0.3) is 0 Å². The van der Waals surface area contributed by atoms with Crippen LogP contribution in [0.5, 0.6) is 0 Å². The van der Waals surface area contributed by atoms with Crippen molar-refractivity contribution in [3.8, 4) is 0 Å². The number of rotatable bonds is 6. The van der Waals surface area contributed by atoms with Gasteiger partial charge in [0.2, 0.25) is 10.0 Å². The number of hydrogen-bond donors (Lipinski definition) is 2. The third-order valence-corrected chi connectivity index (χ3v) is 3.46. The Labute approximate surface area is 113 Å². The lowest BCUT2D eigenvalue weighted by atomic mass is 10.1. The minimum absolute atomic E-state index is 0.499. The van der Waals surface area contributed by atoms with Crippen LogP contribution in [0.4, 0.5) is 0 Å². The molecule has 18 heavy (non-hydrogen) atoms. The molecule has 0 amide bonds. The largest absolute Gasteiger partial charge is 0.311 e. The number of halogens is 1. The summed E-state index contributed by atoms with van der Waals surface area (Å²) < 4.78 is 24.9. The third kappa shape index (κ3) is 5.77. The summed E-state index contributed by atoms with van der Waals surface area (Å²) in [5.41, 5.74) is 0.384. The lowest BCUT2D eigenvalue weighted by Gasteiger charge is -2.25. The molecule has 5 nitrogen and oxygen atoms in total. The van der Waals surface area contributed by atoms with Gasteiger partial charge in [0.15, 0.2) is 0 Å². The molecule has 2 N–H and O–H groups in total. The van der Waals surface area contributed by atoms with E-state index in [0.29, 0.717) is 18.1 Å². The molecule has 0 aliphatic heterocycles. The SMILES string of the molecule is CC(C)(CNCc1ccncc1Cl)NS(C)(=O)=O. The molecule has 0 radical (unpaired) electrons. The summed E-state index contributed by atoms with van der Waals surface area (Å²) in [7, 11) is -3.21. The fourth-order valence-corrected chi connectivity index (χ4v) is 2.86. The predicted molar refractivity (Wildman–Crippen MR) is 73.0 cm³/mol. The van der Waals surface area contributed by atoms with Crippen LogP contribution in [0.25, 0.3) is 0 Å². The highest BCUT2D eigenvalue weighted by atomic mass is 35.5. The summed E-state index contributed by atoms with van der Waals surface area (Å²) >= 11 is 5.97. The first-order valence-electron chi connectivity index (χ1n) is 5.48. The van der Waals surface area contributed by atoms with Gasteiger partial charge in [0.1, 0.15) is 0 Å². The lowest BCUT2D eigenvalue weighted by Crippen LogP contribution is -2.49. The van der Waals surface area contributed by atoms with Crippen LogP contribution < -0.4 is 10.0 Å². The van der Waals surface area contributed by atoms with Crippen molar-refractivity contribution in [3.63, 3.8) is 0 Å². The van der Waals surface area contributed by atoms with E-state index in [1.165, 1.54) is 0 Å². The third-order valence-electron chi connectivity index (χ3n) is 2.20. The van der Waals surface area contributed by atoms with Gasteiger partial charge in [-0.3, -0.25) is 4.98 Å². The number of aromatic nitrogens is 1. The second-order valence-corrected chi connectivity index (χ2v) is 6.98. The molecule has 0 bridgehead atoms. The van der Waals surface area contributed by atoms with E-state index in [-0.39, 0.29) is 0 Å². The maximum absolute atomic E-state index is 11.2. The highest BCUT2D eigenvalue weighted by Crippen LogP contribution is 2.13. The molecule has 1 rings (SSSR count). The van der Waals surface area contributed by atoms with Crippen LogP contribution >= 0.6 is 11.6 Å². The maximum atomic E-state index is 11.2. The van der Waals surface area contributed by atoms with Crippen molar-refractivity contribution < 1.29 is 8.42 Å². The van der Waals surface area contributed by atoms with E-state index in [1.54, 1.807) is 12.4 Å². The molecule has 0 aliphatic carbocycles. The Bertz CT molecular complexity index is 503. The number of hydrogen-bond acceptors (Lipinski definition) is 4. The van der Waals surface area contributed by atoms with E-state index in [2.05, 4.69) is 15.0 Å².